The van der Waals surface area contributed by atoms with E-state index in [0.717, 1.165) is 27.5 Å². The maximum atomic E-state index is 12.5. The number of anilines is 1. The summed E-state index contributed by atoms with van der Waals surface area (Å²) in [5, 5.41) is 3.01. The number of thioether (sulfide) groups is 1. The molecule has 0 spiro atoms. The molecule has 1 N–H and O–H groups in total. The minimum atomic E-state index is -0.174. The summed E-state index contributed by atoms with van der Waals surface area (Å²) < 4.78 is 5.40. The second-order valence-corrected chi connectivity index (χ2v) is 7.60. The maximum Gasteiger partial charge on any atom is 0.237 e. The lowest BCUT2D eigenvalue weighted by Gasteiger charge is -2.29. The van der Waals surface area contributed by atoms with Crippen LogP contribution in [0.5, 0.6) is 5.75 Å². The molecule has 2 aromatic carbocycles. The molecule has 1 atom stereocenters. The molecule has 0 saturated heterocycles. The summed E-state index contributed by atoms with van der Waals surface area (Å²) in [7, 11) is 1.63. The number of fused-ring (bicyclic) bond motifs is 1. The van der Waals surface area contributed by atoms with E-state index in [9.17, 15) is 9.59 Å². The first-order valence-corrected chi connectivity index (χ1v) is 9.94. The quantitative estimate of drug-likeness (QED) is 0.825. The van der Waals surface area contributed by atoms with Gasteiger partial charge >= 0.3 is 0 Å². The van der Waals surface area contributed by atoms with Crippen molar-refractivity contribution in [3.63, 3.8) is 0 Å². The number of nitrogens with zero attached hydrogens (tertiary/aromatic N) is 1. The summed E-state index contributed by atoms with van der Waals surface area (Å²) in [6.45, 7) is 4.32. The van der Waals surface area contributed by atoms with Gasteiger partial charge < -0.3 is 15.0 Å². The van der Waals surface area contributed by atoms with E-state index in [1.165, 1.54) is 0 Å². The fourth-order valence-electron chi connectivity index (χ4n) is 3.20. The Morgan fingerprint density at radius 3 is 2.85 bits per heavy atom. The standard InChI is InChI=1S/C21H24N2O3S/c1-14-8-9-18(26-3)16(12-14)15(2)22-20(24)10-11-23-17-6-4-5-7-19(17)27-13-21(23)25/h4-9,12,15H,10-11,13H2,1-3H3,(H,22,24)/t15-/m0/s1. The molecule has 0 radical (unpaired) electrons. The molecule has 5 nitrogen and oxygen atoms in total. The van der Waals surface area contributed by atoms with Crippen LogP contribution in [0.15, 0.2) is 47.4 Å². The summed E-state index contributed by atoms with van der Waals surface area (Å²) in [5.74, 6) is 1.12. The van der Waals surface area contributed by atoms with Crippen molar-refractivity contribution in [1.82, 2.24) is 5.32 Å². The summed E-state index contributed by atoms with van der Waals surface area (Å²) in [6.07, 6.45) is 0.253. The lowest BCUT2D eigenvalue weighted by atomic mass is 10.0. The number of methoxy groups -OCH3 is 1. The van der Waals surface area contributed by atoms with E-state index < -0.39 is 0 Å². The van der Waals surface area contributed by atoms with Gasteiger partial charge in [0.15, 0.2) is 0 Å². The zero-order chi connectivity index (χ0) is 19.4. The van der Waals surface area contributed by atoms with Gasteiger partial charge in [-0.1, -0.05) is 29.8 Å². The number of hydrogen-bond acceptors (Lipinski definition) is 4. The third-order valence-electron chi connectivity index (χ3n) is 4.60. The van der Waals surface area contributed by atoms with E-state index >= 15 is 0 Å². The van der Waals surface area contributed by atoms with E-state index in [2.05, 4.69) is 5.32 Å². The number of aryl methyl sites for hydroxylation is 1. The van der Waals surface area contributed by atoms with Crippen molar-refractivity contribution in [3.8, 4) is 5.75 Å². The number of rotatable bonds is 6. The van der Waals surface area contributed by atoms with Crippen LogP contribution in [-0.2, 0) is 9.59 Å². The molecule has 0 unspecified atom stereocenters. The topological polar surface area (TPSA) is 58.6 Å². The molecule has 27 heavy (non-hydrogen) atoms. The van der Waals surface area contributed by atoms with Gasteiger partial charge in [-0.05, 0) is 32.0 Å². The van der Waals surface area contributed by atoms with Gasteiger partial charge in [0, 0.05) is 23.4 Å². The molecule has 3 rings (SSSR count). The number of amides is 2. The van der Waals surface area contributed by atoms with E-state index in [1.807, 2.05) is 56.3 Å². The average molecular weight is 385 g/mol. The first-order chi connectivity index (χ1) is 13.0. The van der Waals surface area contributed by atoms with E-state index in [0.29, 0.717) is 12.3 Å². The lowest BCUT2D eigenvalue weighted by Crippen LogP contribution is -2.38. The van der Waals surface area contributed by atoms with Gasteiger partial charge in [-0.25, -0.2) is 0 Å². The molecular formula is C21H24N2O3S. The fraction of sp³-hybridized carbons (Fsp3) is 0.333. The first kappa shape index (κ1) is 19.3. The molecule has 142 valence electrons. The van der Waals surface area contributed by atoms with Crippen LogP contribution in [0.4, 0.5) is 5.69 Å². The number of para-hydroxylation sites is 1. The van der Waals surface area contributed by atoms with Crippen LogP contribution in [0, 0.1) is 6.92 Å². The summed E-state index contributed by atoms with van der Waals surface area (Å²) in [6, 6.07) is 13.5. The summed E-state index contributed by atoms with van der Waals surface area (Å²) >= 11 is 1.54. The van der Waals surface area contributed by atoms with E-state index in [-0.39, 0.29) is 24.3 Å². The van der Waals surface area contributed by atoms with E-state index in [1.54, 1.807) is 23.8 Å². The minimum Gasteiger partial charge on any atom is -0.496 e. The molecule has 1 aliphatic heterocycles. The molecule has 0 fully saturated rings. The van der Waals surface area contributed by atoms with Crippen molar-refractivity contribution in [2.75, 3.05) is 24.3 Å². The van der Waals surface area contributed by atoms with Crippen LogP contribution in [0.2, 0.25) is 0 Å². The van der Waals surface area contributed by atoms with Crippen molar-refractivity contribution < 1.29 is 14.3 Å². The van der Waals surface area contributed by atoms with Gasteiger partial charge in [0.2, 0.25) is 11.8 Å². The Morgan fingerprint density at radius 2 is 2.07 bits per heavy atom. The van der Waals surface area contributed by atoms with Gasteiger partial charge in [-0.3, -0.25) is 9.59 Å². The predicted octanol–water partition coefficient (Wildman–Crippen LogP) is 3.71. The highest BCUT2D eigenvalue weighted by Gasteiger charge is 2.25. The number of ether oxygens (including phenoxy) is 1. The number of nitrogens with one attached hydrogen (secondary N) is 1. The van der Waals surface area contributed by atoms with Crippen LogP contribution in [0.25, 0.3) is 0 Å². The van der Waals surface area contributed by atoms with Crippen molar-refractivity contribution in [2.24, 2.45) is 0 Å². The molecule has 2 amide bonds. The number of carbonyl (C=O) groups excluding carboxylic acids is 2. The Hall–Kier alpha value is -2.47. The fourth-order valence-corrected chi connectivity index (χ4v) is 4.13. The Kier molecular flexibility index (Phi) is 6.06. The smallest absolute Gasteiger partial charge is 0.237 e. The van der Waals surface area contributed by atoms with Gasteiger partial charge in [-0.2, -0.15) is 0 Å². The van der Waals surface area contributed by atoms with Gasteiger partial charge in [0.05, 0.1) is 24.6 Å². The van der Waals surface area contributed by atoms with Gasteiger partial charge in [0.25, 0.3) is 0 Å². The third-order valence-corrected chi connectivity index (χ3v) is 5.65. The van der Waals surface area contributed by atoms with Crippen molar-refractivity contribution in [3.05, 3.63) is 53.6 Å². The average Bonchev–Trinajstić information content (AvgIpc) is 2.67. The first-order valence-electron chi connectivity index (χ1n) is 8.95. The van der Waals surface area contributed by atoms with Crippen molar-refractivity contribution in [2.45, 2.75) is 31.2 Å². The maximum absolute atomic E-state index is 12.5. The van der Waals surface area contributed by atoms with Crippen LogP contribution in [0.3, 0.4) is 0 Å². The highest BCUT2D eigenvalue weighted by atomic mass is 32.2. The van der Waals surface area contributed by atoms with Crippen LogP contribution >= 0.6 is 11.8 Å². The second kappa shape index (κ2) is 8.48. The van der Waals surface area contributed by atoms with Gasteiger partial charge in [0.1, 0.15) is 5.75 Å². The minimum absolute atomic E-state index is 0.0416. The molecule has 0 bridgehead atoms. The molecule has 0 aliphatic carbocycles. The molecule has 6 heteroatoms. The van der Waals surface area contributed by atoms with Crippen molar-refractivity contribution in [1.29, 1.82) is 0 Å². The Morgan fingerprint density at radius 1 is 1.30 bits per heavy atom. The zero-order valence-corrected chi connectivity index (χ0v) is 16.6. The van der Waals surface area contributed by atoms with Crippen LogP contribution in [0.1, 0.15) is 30.5 Å². The molecule has 0 aromatic heterocycles. The summed E-state index contributed by atoms with van der Waals surface area (Å²) in [4.78, 5) is 27.6. The number of benzene rings is 2. The highest BCUT2D eigenvalue weighted by Crippen LogP contribution is 2.35. The number of hydrogen-bond donors (Lipinski definition) is 1. The Labute approximate surface area is 164 Å². The normalized spacial score (nSPS) is 14.5. The Balaban J connectivity index is 1.63. The predicted molar refractivity (Wildman–Crippen MR) is 108 cm³/mol. The van der Waals surface area contributed by atoms with Gasteiger partial charge in [-0.15, -0.1) is 11.8 Å². The molecule has 1 aliphatic rings. The number of carbonyl (C=O) groups is 2. The largest absolute Gasteiger partial charge is 0.496 e. The molecule has 1 heterocycles. The zero-order valence-electron chi connectivity index (χ0n) is 15.8. The molecule has 0 saturated carbocycles. The molecular weight excluding hydrogens is 360 g/mol. The SMILES string of the molecule is COc1ccc(C)cc1[C@H](C)NC(=O)CCN1C(=O)CSc2ccccc21. The third kappa shape index (κ3) is 4.45. The van der Waals surface area contributed by atoms with Crippen LogP contribution in [-0.4, -0.2) is 31.2 Å². The Bertz CT molecular complexity index is 853. The highest BCUT2D eigenvalue weighted by molar-refractivity contribution is 8.00. The lowest BCUT2D eigenvalue weighted by molar-refractivity contribution is -0.121. The van der Waals surface area contributed by atoms with Crippen LogP contribution < -0.4 is 15.0 Å². The summed E-state index contributed by atoms with van der Waals surface area (Å²) in [5.41, 5.74) is 2.95. The monoisotopic (exact) mass is 384 g/mol. The van der Waals surface area contributed by atoms with E-state index in [4.69, 9.17) is 4.74 Å². The van der Waals surface area contributed by atoms with Crippen molar-refractivity contribution >= 4 is 29.3 Å². The molecule has 2 aromatic rings. The second-order valence-electron chi connectivity index (χ2n) is 6.59.